The second kappa shape index (κ2) is 7.20. The summed E-state index contributed by atoms with van der Waals surface area (Å²) >= 11 is 1.96. The Morgan fingerprint density at radius 2 is 2.12 bits per heavy atom. The Morgan fingerprint density at radius 1 is 1.35 bits per heavy atom. The highest BCUT2D eigenvalue weighted by atomic mass is 127. The molecule has 0 radical (unpaired) electrons. The average molecular weight is 468 g/mol. The van der Waals surface area contributed by atoms with Crippen LogP contribution in [0.4, 0.5) is 4.79 Å². The van der Waals surface area contributed by atoms with Gasteiger partial charge in [-0.3, -0.25) is 9.69 Å². The molecule has 2 N–H and O–H groups in total. The molecule has 0 spiro atoms. The van der Waals surface area contributed by atoms with Crippen LogP contribution in [0.5, 0.6) is 5.75 Å². The summed E-state index contributed by atoms with van der Waals surface area (Å²) in [6.45, 7) is -0.119. The van der Waals surface area contributed by atoms with E-state index in [-0.39, 0.29) is 29.5 Å². The molecule has 2 aromatic rings. The Labute approximate surface area is 161 Å². The van der Waals surface area contributed by atoms with Gasteiger partial charge in [-0.15, -0.1) is 0 Å². The van der Waals surface area contributed by atoms with Crippen molar-refractivity contribution < 1.29 is 28.6 Å². The Bertz CT molecular complexity index is 933. The van der Waals surface area contributed by atoms with Gasteiger partial charge >= 0.3 is 12.0 Å². The number of phenolic OH excluding ortho intramolecular Hbond substituents is 1. The Kier molecular flexibility index (Phi) is 4.98. The van der Waals surface area contributed by atoms with Crippen LogP contribution in [0, 0.1) is 3.57 Å². The molecule has 1 aromatic heterocycles. The van der Waals surface area contributed by atoms with Crippen molar-refractivity contribution in [1.29, 1.82) is 0 Å². The highest BCUT2D eigenvalue weighted by molar-refractivity contribution is 14.1. The van der Waals surface area contributed by atoms with Crippen LogP contribution >= 0.6 is 22.6 Å². The van der Waals surface area contributed by atoms with E-state index in [2.05, 4.69) is 10.1 Å². The molecular formula is C17H13IN2O6. The van der Waals surface area contributed by atoms with Crippen molar-refractivity contribution in [3.63, 3.8) is 0 Å². The van der Waals surface area contributed by atoms with Gasteiger partial charge in [0.05, 0.1) is 17.2 Å². The normalized spacial score (nSPS) is 15.5. The number of phenols is 1. The molecule has 1 aliphatic rings. The number of nitrogens with zero attached hydrogens (tertiary/aromatic N) is 1. The second-order valence-corrected chi connectivity index (χ2v) is 6.51. The van der Waals surface area contributed by atoms with Crippen molar-refractivity contribution >= 4 is 46.6 Å². The molecule has 0 bridgehead atoms. The first-order valence-corrected chi connectivity index (χ1v) is 8.47. The van der Waals surface area contributed by atoms with Crippen LogP contribution < -0.4 is 5.32 Å². The van der Waals surface area contributed by atoms with E-state index in [0.717, 1.165) is 4.90 Å². The van der Waals surface area contributed by atoms with Gasteiger partial charge in [0.15, 0.2) is 0 Å². The van der Waals surface area contributed by atoms with Gasteiger partial charge in [0, 0.05) is 0 Å². The fraction of sp³-hybridized carbons (Fsp3) is 0.118. The second-order valence-electron chi connectivity index (χ2n) is 5.35. The van der Waals surface area contributed by atoms with Crippen LogP contribution in [0.15, 0.2) is 40.4 Å². The lowest BCUT2D eigenvalue weighted by molar-refractivity contribution is -0.123. The fourth-order valence-electron chi connectivity index (χ4n) is 2.32. The molecule has 3 rings (SSSR count). The van der Waals surface area contributed by atoms with Gasteiger partial charge in [0.2, 0.25) is 5.76 Å². The van der Waals surface area contributed by atoms with E-state index >= 15 is 0 Å². The van der Waals surface area contributed by atoms with Crippen LogP contribution in [0.3, 0.4) is 0 Å². The molecule has 1 fully saturated rings. The van der Waals surface area contributed by atoms with Crippen molar-refractivity contribution in [2.75, 3.05) is 7.11 Å². The Morgan fingerprint density at radius 3 is 2.81 bits per heavy atom. The smallest absolute Gasteiger partial charge is 0.373 e. The van der Waals surface area contributed by atoms with Gasteiger partial charge < -0.3 is 19.6 Å². The highest BCUT2D eigenvalue weighted by Gasteiger charge is 2.34. The number of methoxy groups -OCH3 is 1. The van der Waals surface area contributed by atoms with Gasteiger partial charge in [-0.1, -0.05) is 6.07 Å². The van der Waals surface area contributed by atoms with Crippen LogP contribution in [0.1, 0.15) is 21.9 Å². The quantitative estimate of drug-likeness (QED) is 0.309. The van der Waals surface area contributed by atoms with Crippen molar-refractivity contribution in [3.05, 3.63) is 56.7 Å². The summed E-state index contributed by atoms with van der Waals surface area (Å²) in [6, 6.07) is 7.13. The summed E-state index contributed by atoms with van der Waals surface area (Å²) in [4.78, 5) is 36.9. The topological polar surface area (TPSA) is 109 Å². The number of benzene rings is 1. The van der Waals surface area contributed by atoms with Crippen LogP contribution in [0.25, 0.3) is 6.08 Å². The zero-order valence-corrected chi connectivity index (χ0v) is 15.6. The van der Waals surface area contributed by atoms with Crippen molar-refractivity contribution in [2.45, 2.75) is 6.54 Å². The average Bonchev–Trinajstić information content (AvgIpc) is 3.18. The Balaban J connectivity index is 1.78. The number of hydrogen-bond donors (Lipinski definition) is 2. The third-order valence-corrected chi connectivity index (χ3v) is 4.47. The number of furan rings is 1. The van der Waals surface area contributed by atoms with E-state index < -0.39 is 17.9 Å². The maximum atomic E-state index is 12.5. The lowest BCUT2D eigenvalue weighted by Gasteiger charge is -2.09. The SMILES string of the molecule is COC(=O)c1ccc(CN2C(=O)NC(=Cc3ccc(O)c(I)c3)C2=O)o1. The van der Waals surface area contributed by atoms with Gasteiger partial charge in [0.1, 0.15) is 17.2 Å². The molecule has 0 atom stereocenters. The number of urea groups is 1. The maximum Gasteiger partial charge on any atom is 0.373 e. The van der Waals surface area contributed by atoms with Crippen molar-refractivity contribution in [2.24, 2.45) is 0 Å². The van der Waals surface area contributed by atoms with E-state index in [1.54, 1.807) is 12.1 Å². The molecule has 134 valence electrons. The van der Waals surface area contributed by atoms with Gasteiger partial charge in [-0.25, -0.2) is 9.59 Å². The number of rotatable bonds is 4. The van der Waals surface area contributed by atoms with Crippen molar-refractivity contribution in [1.82, 2.24) is 10.2 Å². The summed E-state index contributed by atoms with van der Waals surface area (Å²) in [5.41, 5.74) is 0.764. The number of hydrogen-bond acceptors (Lipinski definition) is 6. The third-order valence-electron chi connectivity index (χ3n) is 3.61. The number of carbonyl (C=O) groups is 3. The minimum atomic E-state index is -0.643. The number of imide groups is 1. The summed E-state index contributed by atoms with van der Waals surface area (Å²) in [7, 11) is 1.23. The minimum Gasteiger partial charge on any atom is -0.507 e. The predicted molar refractivity (Wildman–Crippen MR) is 97.9 cm³/mol. The lowest BCUT2D eigenvalue weighted by Crippen LogP contribution is -2.30. The number of nitrogens with one attached hydrogen (secondary N) is 1. The number of ether oxygens (including phenoxy) is 1. The van der Waals surface area contributed by atoms with Crippen LogP contribution in [-0.4, -0.2) is 35.0 Å². The number of halogens is 1. The summed E-state index contributed by atoms with van der Waals surface area (Å²) in [5.74, 6) is -0.765. The molecule has 0 saturated carbocycles. The zero-order valence-electron chi connectivity index (χ0n) is 13.5. The molecule has 1 aromatic carbocycles. The molecule has 1 saturated heterocycles. The van der Waals surface area contributed by atoms with E-state index in [1.807, 2.05) is 22.6 Å². The first kappa shape index (κ1) is 18.0. The number of carbonyl (C=O) groups excluding carboxylic acids is 3. The van der Waals surface area contributed by atoms with E-state index in [1.165, 1.54) is 31.4 Å². The van der Waals surface area contributed by atoms with E-state index in [0.29, 0.717) is 9.13 Å². The molecule has 26 heavy (non-hydrogen) atoms. The highest BCUT2D eigenvalue weighted by Crippen LogP contribution is 2.23. The largest absolute Gasteiger partial charge is 0.507 e. The molecule has 8 nitrogen and oxygen atoms in total. The monoisotopic (exact) mass is 468 g/mol. The molecule has 9 heteroatoms. The zero-order chi connectivity index (χ0) is 18.8. The first-order chi connectivity index (χ1) is 12.4. The minimum absolute atomic E-state index is 0.0102. The van der Waals surface area contributed by atoms with E-state index in [9.17, 15) is 19.5 Å². The fourth-order valence-corrected chi connectivity index (χ4v) is 2.86. The van der Waals surface area contributed by atoms with E-state index in [4.69, 9.17) is 4.42 Å². The van der Waals surface area contributed by atoms with Gasteiger partial charge in [-0.05, 0) is 58.5 Å². The first-order valence-electron chi connectivity index (χ1n) is 7.39. The summed E-state index contributed by atoms with van der Waals surface area (Å²) < 4.78 is 10.4. The number of amides is 3. The molecule has 0 unspecified atom stereocenters. The summed E-state index contributed by atoms with van der Waals surface area (Å²) in [5, 5.41) is 12.0. The predicted octanol–water partition coefficient (Wildman–Crippen LogP) is 2.47. The van der Waals surface area contributed by atoms with Crippen LogP contribution in [-0.2, 0) is 16.1 Å². The lowest BCUT2D eigenvalue weighted by atomic mass is 10.2. The van der Waals surface area contributed by atoms with Gasteiger partial charge in [0.25, 0.3) is 5.91 Å². The van der Waals surface area contributed by atoms with Crippen molar-refractivity contribution in [3.8, 4) is 5.75 Å². The third kappa shape index (κ3) is 3.57. The molecule has 3 amide bonds. The standard InChI is InChI=1S/C17H13IN2O6/c1-25-16(23)14-5-3-10(26-14)8-20-15(22)12(19-17(20)24)7-9-2-4-13(21)11(18)6-9/h2-7,21H,8H2,1H3,(H,19,24). The number of esters is 1. The summed E-state index contributed by atoms with van der Waals surface area (Å²) in [6.07, 6.45) is 1.52. The molecule has 2 heterocycles. The van der Waals surface area contributed by atoms with Gasteiger partial charge in [-0.2, -0.15) is 0 Å². The molecule has 0 aliphatic carbocycles. The molecular weight excluding hydrogens is 455 g/mol. The molecule has 1 aliphatic heterocycles. The van der Waals surface area contributed by atoms with Crippen LogP contribution in [0.2, 0.25) is 0 Å². The number of aromatic hydroxyl groups is 1. The Hall–Kier alpha value is -2.82. The maximum absolute atomic E-state index is 12.5.